The molecule has 48 heavy (non-hydrogen) atoms. The minimum atomic E-state index is -0.918. The van der Waals surface area contributed by atoms with E-state index in [-0.39, 0.29) is 23.9 Å². The average molecular weight is 688 g/mol. The van der Waals surface area contributed by atoms with Gasteiger partial charge in [-0.05, 0) is 47.7 Å². The number of rotatable bonds is 10. The number of halogens is 2. The van der Waals surface area contributed by atoms with Gasteiger partial charge in [-0.15, -0.1) is 11.6 Å². The summed E-state index contributed by atoms with van der Waals surface area (Å²) < 4.78 is 5.85. The van der Waals surface area contributed by atoms with Crippen LogP contribution in [0.2, 0.25) is 5.02 Å². The van der Waals surface area contributed by atoms with E-state index >= 15 is 0 Å². The van der Waals surface area contributed by atoms with Crippen molar-refractivity contribution in [1.82, 2.24) is 30.8 Å². The second-order valence-electron chi connectivity index (χ2n) is 13.1. The van der Waals surface area contributed by atoms with Gasteiger partial charge in [0.2, 0.25) is 17.7 Å². The summed E-state index contributed by atoms with van der Waals surface area (Å²) in [6, 6.07) is 16.4. The minimum Gasteiger partial charge on any atom is -0.481 e. The number of ether oxygens (including phenoxy) is 1. The van der Waals surface area contributed by atoms with Crippen LogP contribution in [0.25, 0.3) is 5.57 Å². The number of alkyl halides is 1. The number of amides is 2. The third kappa shape index (κ3) is 6.49. The Morgan fingerprint density at radius 2 is 1.73 bits per heavy atom. The van der Waals surface area contributed by atoms with Crippen molar-refractivity contribution in [3.05, 3.63) is 106 Å². The highest BCUT2D eigenvalue weighted by atomic mass is 35.5. The van der Waals surface area contributed by atoms with Crippen LogP contribution in [0, 0.1) is 0 Å². The Balaban J connectivity index is 1.21. The number of benzene rings is 1. The average Bonchev–Trinajstić information content (AvgIpc) is 3.71. The van der Waals surface area contributed by atoms with Crippen LogP contribution in [0.15, 0.2) is 66.8 Å². The molecule has 1 aromatic carbocycles. The number of carbonyl (C=O) groups excluding carboxylic acids is 2. The molecule has 11 heteroatoms. The van der Waals surface area contributed by atoms with E-state index in [0.717, 1.165) is 72.7 Å². The van der Waals surface area contributed by atoms with Gasteiger partial charge >= 0.3 is 0 Å². The van der Waals surface area contributed by atoms with Crippen LogP contribution < -0.4 is 20.7 Å². The Labute approximate surface area is 291 Å². The standard InChI is InChI=1S/C37H40Cl2N6O3/c1-48-36-23(19-40-20-25-10-14-33(46)41-25)8-12-32(44-36)37(17-4-6-28(35(37)39)27-5-2-3-7-29(27)38)31-13-9-24-21-45(18-16-30(24)43-31)22-26-11-15-34(47)42-26/h2-9,12-13,17,25-26,35,40H,10-11,14-16,18-22H2,1H3,(H,41,46)(H,42,47)/t25-,26-,35?,37?/m1/s1. The summed E-state index contributed by atoms with van der Waals surface area (Å²) >= 11 is 14.3. The Bertz CT molecular complexity index is 1740. The molecule has 2 aromatic heterocycles. The largest absolute Gasteiger partial charge is 0.481 e. The second kappa shape index (κ2) is 14.0. The molecule has 5 heterocycles. The molecule has 2 fully saturated rings. The maximum atomic E-state index is 11.8. The predicted molar refractivity (Wildman–Crippen MR) is 187 cm³/mol. The van der Waals surface area contributed by atoms with Crippen LogP contribution in [-0.4, -0.2) is 70.9 Å². The molecule has 4 aliphatic rings. The van der Waals surface area contributed by atoms with Crippen LogP contribution in [0.3, 0.4) is 0 Å². The Morgan fingerprint density at radius 1 is 0.979 bits per heavy atom. The first-order valence-corrected chi connectivity index (χ1v) is 17.5. The number of carbonyl (C=O) groups is 2. The molecule has 250 valence electrons. The number of nitrogens with one attached hydrogen (secondary N) is 3. The molecular formula is C37H40Cl2N6O3. The monoisotopic (exact) mass is 686 g/mol. The molecule has 2 saturated heterocycles. The first kappa shape index (κ1) is 32.8. The minimum absolute atomic E-state index is 0.101. The van der Waals surface area contributed by atoms with Gasteiger partial charge in [0.05, 0.1) is 29.3 Å². The first-order valence-electron chi connectivity index (χ1n) is 16.7. The number of aromatic nitrogens is 2. The zero-order valence-electron chi connectivity index (χ0n) is 27.0. The topological polar surface area (TPSA) is 108 Å². The molecule has 4 atom stereocenters. The molecule has 0 bridgehead atoms. The Kier molecular flexibility index (Phi) is 9.56. The van der Waals surface area contributed by atoms with E-state index in [1.54, 1.807) is 7.11 Å². The van der Waals surface area contributed by atoms with Crippen LogP contribution >= 0.6 is 23.2 Å². The Morgan fingerprint density at radius 3 is 2.48 bits per heavy atom. The lowest BCUT2D eigenvalue weighted by Crippen LogP contribution is -2.42. The van der Waals surface area contributed by atoms with Crippen molar-refractivity contribution in [1.29, 1.82) is 0 Å². The maximum absolute atomic E-state index is 11.8. The fourth-order valence-electron chi connectivity index (χ4n) is 7.41. The number of hydrogen-bond acceptors (Lipinski definition) is 7. The molecule has 0 radical (unpaired) electrons. The Hall–Kier alpha value is -3.76. The molecule has 0 saturated carbocycles. The van der Waals surface area contributed by atoms with Gasteiger partial charge in [0.25, 0.3) is 0 Å². The van der Waals surface area contributed by atoms with E-state index in [1.807, 2.05) is 48.6 Å². The van der Waals surface area contributed by atoms with Gasteiger partial charge in [0.15, 0.2) is 0 Å². The zero-order chi connectivity index (χ0) is 33.3. The number of nitrogens with zero attached hydrogens (tertiary/aromatic N) is 3. The quantitative estimate of drug-likeness (QED) is 0.266. The lowest BCUT2D eigenvalue weighted by Gasteiger charge is -2.39. The number of hydrogen-bond donors (Lipinski definition) is 3. The fraction of sp³-hybridized carbons (Fsp3) is 0.405. The van der Waals surface area contributed by atoms with E-state index in [2.05, 4.69) is 39.1 Å². The maximum Gasteiger partial charge on any atom is 0.220 e. The van der Waals surface area contributed by atoms with Gasteiger partial charge in [-0.2, -0.15) is 0 Å². The van der Waals surface area contributed by atoms with Crippen LogP contribution in [-0.2, 0) is 34.5 Å². The van der Waals surface area contributed by atoms with Gasteiger partial charge in [0.1, 0.15) is 0 Å². The molecular weight excluding hydrogens is 647 g/mol. The van der Waals surface area contributed by atoms with Gasteiger partial charge in [-0.3, -0.25) is 19.5 Å². The van der Waals surface area contributed by atoms with E-state index < -0.39 is 10.8 Å². The number of pyridine rings is 2. The predicted octanol–water partition coefficient (Wildman–Crippen LogP) is 4.69. The summed E-state index contributed by atoms with van der Waals surface area (Å²) in [5.74, 6) is 0.752. The van der Waals surface area contributed by atoms with Gasteiger partial charge in [-0.25, -0.2) is 4.98 Å². The lowest BCUT2D eigenvalue weighted by atomic mass is 9.70. The van der Waals surface area contributed by atoms with Gasteiger partial charge < -0.3 is 20.7 Å². The second-order valence-corrected chi connectivity index (χ2v) is 13.9. The third-order valence-corrected chi connectivity index (χ3v) is 10.9. The number of methoxy groups -OCH3 is 1. The summed E-state index contributed by atoms with van der Waals surface area (Å²) in [6.45, 7) is 3.70. The SMILES string of the molecule is COc1nc(C2(c3ccc4c(n3)CCN(C[C@H]3CCC(=O)N3)C4)C=CC=C(c3ccccc3Cl)C2Cl)ccc1CNC[C@H]1CCC(=O)N1. The van der Waals surface area contributed by atoms with Crippen LogP contribution in [0.5, 0.6) is 5.88 Å². The molecule has 3 aromatic rings. The highest BCUT2D eigenvalue weighted by Crippen LogP contribution is 2.48. The van der Waals surface area contributed by atoms with Gasteiger partial charge in [-0.1, -0.05) is 60.2 Å². The third-order valence-electron chi connectivity index (χ3n) is 9.95. The number of allylic oxidation sites excluding steroid dienone is 4. The summed E-state index contributed by atoms with van der Waals surface area (Å²) in [7, 11) is 1.63. The summed E-state index contributed by atoms with van der Waals surface area (Å²) in [5.41, 5.74) is 5.51. The summed E-state index contributed by atoms with van der Waals surface area (Å²) in [5, 5.41) is 9.60. The molecule has 1 aliphatic carbocycles. The molecule has 3 N–H and O–H groups in total. The van der Waals surface area contributed by atoms with Crippen molar-refractivity contribution in [3.63, 3.8) is 0 Å². The van der Waals surface area contributed by atoms with Crippen molar-refractivity contribution >= 4 is 40.6 Å². The van der Waals surface area contributed by atoms with Gasteiger partial charge in [0, 0.05) is 80.3 Å². The van der Waals surface area contributed by atoms with Crippen molar-refractivity contribution in [2.24, 2.45) is 0 Å². The molecule has 2 unspecified atom stereocenters. The molecule has 0 spiro atoms. The van der Waals surface area contributed by atoms with E-state index in [1.165, 1.54) is 5.56 Å². The smallest absolute Gasteiger partial charge is 0.220 e. The fourth-order valence-corrected chi connectivity index (χ4v) is 8.14. The number of fused-ring (bicyclic) bond motifs is 1. The van der Waals surface area contributed by atoms with Crippen LogP contribution in [0.4, 0.5) is 0 Å². The van der Waals surface area contributed by atoms with Crippen molar-refractivity contribution in [3.8, 4) is 5.88 Å². The summed E-state index contributed by atoms with van der Waals surface area (Å²) in [6.07, 6.45) is 9.83. The van der Waals surface area contributed by atoms with E-state index in [4.69, 9.17) is 37.9 Å². The molecule has 2 amide bonds. The van der Waals surface area contributed by atoms with E-state index in [9.17, 15) is 9.59 Å². The normalized spacial score (nSPS) is 25.4. The van der Waals surface area contributed by atoms with Crippen molar-refractivity contribution in [2.75, 3.05) is 26.7 Å². The highest BCUT2D eigenvalue weighted by molar-refractivity contribution is 6.34. The van der Waals surface area contributed by atoms with Crippen LogP contribution in [0.1, 0.15) is 59.5 Å². The summed E-state index contributed by atoms with van der Waals surface area (Å²) in [4.78, 5) is 36.2. The highest BCUT2D eigenvalue weighted by Gasteiger charge is 2.46. The van der Waals surface area contributed by atoms with Crippen molar-refractivity contribution in [2.45, 2.75) is 68.1 Å². The zero-order valence-corrected chi connectivity index (χ0v) is 28.5. The molecule has 3 aliphatic heterocycles. The molecule has 7 rings (SSSR count). The van der Waals surface area contributed by atoms with Crippen molar-refractivity contribution < 1.29 is 14.3 Å². The van der Waals surface area contributed by atoms with E-state index in [0.29, 0.717) is 36.8 Å². The molecule has 9 nitrogen and oxygen atoms in total. The lowest BCUT2D eigenvalue weighted by molar-refractivity contribution is -0.120. The first-order chi connectivity index (χ1) is 23.3.